The van der Waals surface area contributed by atoms with Crippen molar-refractivity contribution >= 4 is 11.9 Å². The van der Waals surface area contributed by atoms with Gasteiger partial charge in [-0.15, -0.1) is 0 Å². The number of rotatable bonds is 4. The van der Waals surface area contributed by atoms with Gasteiger partial charge in [0.1, 0.15) is 0 Å². The first kappa shape index (κ1) is 13.6. The fourth-order valence-electron chi connectivity index (χ4n) is 0.921. The van der Waals surface area contributed by atoms with Crippen molar-refractivity contribution in [2.45, 2.75) is 27.7 Å². The molecule has 0 aliphatic heterocycles. The molecular formula is C13H20N2. The lowest BCUT2D eigenvalue weighted by Crippen LogP contribution is -1.91. The molecule has 0 N–H and O–H groups in total. The van der Waals surface area contributed by atoms with E-state index in [1.165, 1.54) is 0 Å². The summed E-state index contributed by atoms with van der Waals surface area (Å²) in [5.74, 6) is 0. The van der Waals surface area contributed by atoms with E-state index in [-0.39, 0.29) is 0 Å². The third kappa shape index (κ3) is 5.11. The second-order valence-corrected chi connectivity index (χ2v) is 3.44. The maximum absolute atomic E-state index is 4.33. The number of hydrogen-bond acceptors (Lipinski definition) is 2. The van der Waals surface area contributed by atoms with Gasteiger partial charge in [0.2, 0.25) is 0 Å². The Hall–Kier alpha value is -1.44. The summed E-state index contributed by atoms with van der Waals surface area (Å²) in [5, 5.41) is 0. The molecule has 0 aliphatic rings. The van der Waals surface area contributed by atoms with Gasteiger partial charge in [0.15, 0.2) is 0 Å². The Bertz CT molecular complexity index is 342. The van der Waals surface area contributed by atoms with Crippen molar-refractivity contribution < 1.29 is 0 Å². The van der Waals surface area contributed by atoms with Crippen LogP contribution in [0.4, 0.5) is 0 Å². The molecule has 0 aliphatic carbocycles. The lowest BCUT2D eigenvalue weighted by molar-refractivity contribution is 1.35. The lowest BCUT2D eigenvalue weighted by atomic mass is 10.1. The van der Waals surface area contributed by atoms with Crippen LogP contribution in [0.15, 0.2) is 45.6 Å². The molecule has 0 aromatic heterocycles. The second kappa shape index (κ2) is 6.93. The van der Waals surface area contributed by atoms with E-state index in [0.29, 0.717) is 0 Å². The van der Waals surface area contributed by atoms with Crippen molar-refractivity contribution in [2.75, 3.05) is 7.05 Å². The number of aliphatic imine (C=N–C) groups is 2. The van der Waals surface area contributed by atoms with Gasteiger partial charge >= 0.3 is 0 Å². The lowest BCUT2D eigenvalue weighted by Gasteiger charge is -2.00. The van der Waals surface area contributed by atoms with Gasteiger partial charge in [0, 0.05) is 25.2 Å². The highest BCUT2D eigenvalue weighted by atomic mass is 14.7. The van der Waals surface area contributed by atoms with Crippen LogP contribution < -0.4 is 0 Å². The Labute approximate surface area is 92.8 Å². The summed E-state index contributed by atoms with van der Waals surface area (Å²) in [5.41, 5.74) is 4.14. The van der Waals surface area contributed by atoms with E-state index in [2.05, 4.69) is 16.6 Å². The summed E-state index contributed by atoms with van der Waals surface area (Å²) in [6.45, 7) is 11.7. The molecule has 0 atom stereocenters. The van der Waals surface area contributed by atoms with E-state index in [0.717, 1.165) is 22.4 Å². The van der Waals surface area contributed by atoms with Crippen molar-refractivity contribution in [1.29, 1.82) is 0 Å². The molecule has 0 rings (SSSR count). The quantitative estimate of drug-likeness (QED) is 0.494. The topological polar surface area (TPSA) is 24.7 Å². The van der Waals surface area contributed by atoms with E-state index >= 15 is 0 Å². The summed E-state index contributed by atoms with van der Waals surface area (Å²) in [7, 11) is 1.76. The van der Waals surface area contributed by atoms with Crippen LogP contribution in [0.3, 0.4) is 0 Å². The van der Waals surface area contributed by atoms with Crippen LogP contribution >= 0.6 is 0 Å². The summed E-state index contributed by atoms with van der Waals surface area (Å²) in [6.07, 6.45) is 5.70. The molecule has 0 aromatic carbocycles. The van der Waals surface area contributed by atoms with Crippen molar-refractivity contribution in [3.05, 3.63) is 35.6 Å². The fraction of sp³-hybridized carbons (Fsp3) is 0.385. The summed E-state index contributed by atoms with van der Waals surface area (Å²) >= 11 is 0. The monoisotopic (exact) mass is 204 g/mol. The van der Waals surface area contributed by atoms with Crippen LogP contribution in [0, 0.1) is 0 Å². The summed E-state index contributed by atoms with van der Waals surface area (Å²) in [4.78, 5) is 8.32. The molecule has 0 amide bonds. The minimum Gasteiger partial charge on any atom is -0.296 e. The maximum Gasteiger partial charge on any atom is 0.0395 e. The van der Waals surface area contributed by atoms with Crippen LogP contribution in [0.2, 0.25) is 0 Å². The normalized spacial score (nSPS) is 14.9. The number of nitrogens with zero attached hydrogens (tertiary/aromatic N) is 2. The molecule has 0 fully saturated rings. The molecule has 82 valence electrons. The first-order chi connectivity index (χ1) is 7.02. The summed E-state index contributed by atoms with van der Waals surface area (Å²) < 4.78 is 0. The predicted molar refractivity (Wildman–Crippen MR) is 69.9 cm³/mol. The van der Waals surface area contributed by atoms with Crippen LogP contribution in [0.1, 0.15) is 27.7 Å². The van der Waals surface area contributed by atoms with E-state index in [1.54, 1.807) is 7.05 Å². The minimum absolute atomic E-state index is 0.957. The van der Waals surface area contributed by atoms with Crippen molar-refractivity contribution in [1.82, 2.24) is 0 Å². The smallest absolute Gasteiger partial charge is 0.0395 e. The standard InChI is InChI=1S/C13H20N2/c1-7-13(9-14-6)11(4)8-15-12(5)10(2)3/h7-9H,2H2,1,3-6H3/b11-8+,13-7+,14-9?,15-12?. The van der Waals surface area contributed by atoms with Crippen LogP contribution in [-0.2, 0) is 0 Å². The Morgan fingerprint density at radius 3 is 2.20 bits per heavy atom. The maximum atomic E-state index is 4.33. The fourth-order valence-corrected chi connectivity index (χ4v) is 0.921. The average Bonchev–Trinajstić information content (AvgIpc) is 2.21. The van der Waals surface area contributed by atoms with Gasteiger partial charge in [-0.3, -0.25) is 9.98 Å². The molecule has 0 bridgehead atoms. The molecule has 0 radical (unpaired) electrons. The zero-order valence-electron chi connectivity index (χ0n) is 10.3. The highest BCUT2D eigenvalue weighted by Crippen LogP contribution is 2.07. The van der Waals surface area contributed by atoms with Crippen LogP contribution in [0.25, 0.3) is 0 Å². The Kier molecular flexibility index (Phi) is 6.27. The largest absolute Gasteiger partial charge is 0.296 e. The molecule has 0 heterocycles. The Morgan fingerprint density at radius 1 is 1.20 bits per heavy atom. The third-order valence-electron chi connectivity index (χ3n) is 2.10. The summed E-state index contributed by atoms with van der Waals surface area (Å²) in [6, 6.07) is 0. The van der Waals surface area contributed by atoms with Gasteiger partial charge in [0.25, 0.3) is 0 Å². The van der Waals surface area contributed by atoms with Gasteiger partial charge < -0.3 is 0 Å². The van der Waals surface area contributed by atoms with Crippen molar-refractivity contribution in [3.63, 3.8) is 0 Å². The molecule has 0 saturated heterocycles. The highest BCUT2D eigenvalue weighted by molar-refractivity contribution is 5.97. The second-order valence-electron chi connectivity index (χ2n) is 3.44. The molecule has 0 aromatic rings. The van der Waals surface area contributed by atoms with Gasteiger partial charge in [-0.05, 0) is 44.4 Å². The molecule has 0 saturated carbocycles. The average molecular weight is 204 g/mol. The van der Waals surface area contributed by atoms with E-state index < -0.39 is 0 Å². The Morgan fingerprint density at radius 2 is 1.80 bits per heavy atom. The van der Waals surface area contributed by atoms with Crippen molar-refractivity contribution in [3.8, 4) is 0 Å². The molecule has 2 nitrogen and oxygen atoms in total. The SMILES string of the molecule is C=C(C)C(C)=N/C=C(C)/C(C=NC)=C/C. The predicted octanol–water partition coefficient (Wildman–Crippen LogP) is 3.57. The highest BCUT2D eigenvalue weighted by Gasteiger charge is 1.94. The molecule has 15 heavy (non-hydrogen) atoms. The molecular weight excluding hydrogens is 184 g/mol. The van der Waals surface area contributed by atoms with Crippen LogP contribution in [0.5, 0.6) is 0 Å². The first-order valence-electron chi connectivity index (χ1n) is 4.98. The van der Waals surface area contributed by atoms with Gasteiger partial charge in [0.05, 0.1) is 0 Å². The minimum atomic E-state index is 0.957. The van der Waals surface area contributed by atoms with Gasteiger partial charge in [-0.25, -0.2) is 0 Å². The zero-order valence-corrected chi connectivity index (χ0v) is 10.3. The Balaban J connectivity index is 4.85. The third-order valence-corrected chi connectivity index (χ3v) is 2.10. The first-order valence-corrected chi connectivity index (χ1v) is 4.98. The number of allylic oxidation sites excluding steroid dienone is 4. The molecule has 0 unspecified atom stereocenters. The van der Waals surface area contributed by atoms with Gasteiger partial charge in [-0.2, -0.15) is 0 Å². The molecule has 0 spiro atoms. The van der Waals surface area contributed by atoms with Gasteiger partial charge in [-0.1, -0.05) is 12.7 Å². The van der Waals surface area contributed by atoms with E-state index in [1.807, 2.05) is 46.2 Å². The van der Waals surface area contributed by atoms with Crippen molar-refractivity contribution in [2.24, 2.45) is 9.98 Å². The van der Waals surface area contributed by atoms with E-state index in [4.69, 9.17) is 0 Å². The molecule has 2 heteroatoms. The number of hydrogen-bond donors (Lipinski definition) is 0. The van der Waals surface area contributed by atoms with E-state index in [9.17, 15) is 0 Å². The van der Waals surface area contributed by atoms with Crippen LogP contribution in [-0.4, -0.2) is 19.0 Å². The zero-order chi connectivity index (χ0) is 11.8.